The summed E-state index contributed by atoms with van der Waals surface area (Å²) in [5, 5.41) is 6.81. The molecule has 0 aliphatic carbocycles. The van der Waals surface area contributed by atoms with Crippen LogP contribution in [0, 0.1) is 0 Å². The second-order valence-corrected chi connectivity index (χ2v) is 4.61. The van der Waals surface area contributed by atoms with Crippen molar-refractivity contribution in [1.82, 2.24) is 10.3 Å². The van der Waals surface area contributed by atoms with Gasteiger partial charge in [0.05, 0.1) is 17.3 Å². The molecule has 2 heterocycles. The smallest absolute Gasteiger partial charge is 0.0944 e. The number of ether oxygens (including phenoxy) is 1. The van der Waals surface area contributed by atoms with Crippen LogP contribution in [0.3, 0.4) is 0 Å². The molecule has 1 aliphatic heterocycles. The summed E-state index contributed by atoms with van der Waals surface area (Å²) in [5.41, 5.74) is 1.06. The van der Waals surface area contributed by atoms with E-state index >= 15 is 0 Å². The van der Waals surface area contributed by atoms with Crippen LogP contribution in [-0.2, 0) is 17.8 Å². The van der Waals surface area contributed by atoms with Crippen molar-refractivity contribution in [2.75, 3.05) is 13.7 Å². The topological polar surface area (TPSA) is 34.1 Å². The van der Waals surface area contributed by atoms with Crippen molar-refractivity contribution < 1.29 is 4.74 Å². The average molecular weight is 212 g/mol. The first-order valence-corrected chi connectivity index (χ1v) is 5.92. The predicted octanol–water partition coefficient (Wildman–Crippen LogP) is 1.58. The van der Waals surface area contributed by atoms with Gasteiger partial charge >= 0.3 is 0 Å². The van der Waals surface area contributed by atoms with Gasteiger partial charge in [0.1, 0.15) is 0 Å². The minimum absolute atomic E-state index is 0.634. The Morgan fingerprint density at radius 2 is 2.64 bits per heavy atom. The Bertz CT molecular complexity index is 281. The summed E-state index contributed by atoms with van der Waals surface area (Å²) in [6.45, 7) is 1.80. The van der Waals surface area contributed by atoms with Crippen LogP contribution in [0.15, 0.2) is 5.38 Å². The Morgan fingerprint density at radius 3 is 3.36 bits per heavy atom. The molecule has 1 saturated heterocycles. The molecule has 1 aliphatic rings. The van der Waals surface area contributed by atoms with Crippen molar-refractivity contribution in [2.24, 2.45) is 0 Å². The molecule has 3 nitrogen and oxygen atoms in total. The molecule has 0 amide bonds. The van der Waals surface area contributed by atoms with E-state index in [-0.39, 0.29) is 0 Å². The predicted molar refractivity (Wildman–Crippen MR) is 57.6 cm³/mol. The number of hydrogen-bond acceptors (Lipinski definition) is 4. The molecule has 0 spiro atoms. The molecule has 2 rings (SSSR count). The monoisotopic (exact) mass is 212 g/mol. The third-order valence-electron chi connectivity index (χ3n) is 2.47. The molecule has 0 radical (unpaired) electrons. The van der Waals surface area contributed by atoms with Gasteiger partial charge in [-0.1, -0.05) is 0 Å². The highest BCUT2D eigenvalue weighted by atomic mass is 32.1. The van der Waals surface area contributed by atoms with Crippen molar-refractivity contribution in [3.8, 4) is 0 Å². The van der Waals surface area contributed by atoms with Crippen LogP contribution in [0.4, 0.5) is 0 Å². The zero-order valence-electron chi connectivity index (χ0n) is 8.45. The van der Waals surface area contributed by atoms with E-state index in [1.54, 1.807) is 18.4 Å². The van der Waals surface area contributed by atoms with Crippen molar-refractivity contribution in [3.05, 3.63) is 16.1 Å². The van der Waals surface area contributed by atoms with Gasteiger partial charge in [0.2, 0.25) is 0 Å². The van der Waals surface area contributed by atoms with Gasteiger partial charge in [-0.05, 0) is 19.4 Å². The summed E-state index contributed by atoms with van der Waals surface area (Å²) < 4.78 is 5.04. The first kappa shape index (κ1) is 10.1. The SMILES string of the molecule is COCc1csc(CC2CCCN2)n1. The van der Waals surface area contributed by atoms with Gasteiger partial charge in [0.25, 0.3) is 0 Å². The molecule has 0 aromatic carbocycles. The molecule has 0 bridgehead atoms. The Labute approximate surface area is 88.5 Å². The summed E-state index contributed by atoms with van der Waals surface area (Å²) in [4.78, 5) is 4.52. The molecule has 14 heavy (non-hydrogen) atoms. The van der Waals surface area contributed by atoms with Gasteiger partial charge in [-0.2, -0.15) is 0 Å². The van der Waals surface area contributed by atoms with Crippen molar-refractivity contribution in [2.45, 2.75) is 31.9 Å². The van der Waals surface area contributed by atoms with E-state index < -0.39 is 0 Å². The minimum atomic E-state index is 0.634. The van der Waals surface area contributed by atoms with Crippen LogP contribution < -0.4 is 5.32 Å². The average Bonchev–Trinajstić information content (AvgIpc) is 2.79. The second-order valence-electron chi connectivity index (χ2n) is 3.66. The van der Waals surface area contributed by atoms with E-state index in [1.807, 2.05) is 0 Å². The number of thiazole rings is 1. The van der Waals surface area contributed by atoms with Crippen molar-refractivity contribution in [1.29, 1.82) is 0 Å². The standard InChI is InChI=1S/C10H16N2OS/c1-13-6-9-7-14-10(12-9)5-8-3-2-4-11-8/h7-8,11H,2-6H2,1H3. The highest BCUT2D eigenvalue weighted by Crippen LogP contribution is 2.16. The van der Waals surface area contributed by atoms with Crippen LogP contribution in [0.5, 0.6) is 0 Å². The number of hydrogen-bond donors (Lipinski definition) is 1. The molecule has 1 aromatic rings. The summed E-state index contributed by atoms with van der Waals surface area (Å²) in [6.07, 6.45) is 3.68. The van der Waals surface area contributed by atoms with E-state index in [9.17, 15) is 0 Å². The highest BCUT2D eigenvalue weighted by Gasteiger charge is 2.15. The quantitative estimate of drug-likeness (QED) is 0.823. The van der Waals surface area contributed by atoms with Crippen LogP contribution in [-0.4, -0.2) is 24.7 Å². The van der Waals surface area contributed by atoms with Crippen LogP contribution in [0.2, 0.25) is 0 Å². The number of aromatic nitrogens is 1. The fourth-order valence-corrected chi connectivity index (χ4v) is 2.66. The maximum Gasteiger partial charge on any atom is 0.0944 e. The first-order valence-electron chi connectivity index (χ1n) is 5.04. The molecule has 0 saturated carbocycles. The molecule has 1 unspecified atom stereocenters. The molecular formula is C10H16N2OS. The first-order chi connectivity index (χ1) is 6.88. The maximum absolute atomic E-state index is 5.04. The van der Waals surface area contributed by atoms with Gasteiger partial charge < -0.3 is 10.1 Å². The molecule has 1 N–H and O–H groups in total. The third kappa shape index (κ3) is 2.53. The van der Waals surface area contributed by atoms with Gasteiger partial charge in [-0.25, -0.2) is 4.98 Å². The van der Waals surface area contributed by atoms with E-state index in [4.69, 9.17) is 4.74 Å². The Balaban J connectivity index is 1.88. The Kier molecular flexibility index (Phi) is 3.50. The van der Waals surface area contributed by atoms with Crippen LogP contribution >= 0.6 is 11.3 Å². The van der Waals surface area contributed by atoms with E-state index in [1.165, 1.54) is 24.4 Å². The van der Waals surface area contributed by atoms with Crippen LogP contribution in [0.25, 0.3) is 0 Å². The normalized spacial score (nSPS) is 21.6. The zero-order chi connectivity index (χ0) is 9.80. The highest BCUT2D eigenvalue weighted by molar-refractivity contribution is 7.09. The number of methoxy groups -OCH3 is 1. The third-order valence-corrected chi connectivity index (χ3v) is 3.39. The molecular weight excluding hydrogens is 196 g/mol. The van der Waals surface area contributed by atoms with E-state index in [0.717, 1.165) is 12.1 Å². The number of rotatable bonds is 4. The summed E-state index contributed by atoms with van der Waals surface area (Å²) in [5.74, 6) is 0. The van der Waals surface area contributed by atoms with Crippen LogP contribution in [0.1, 0.15) is 23.5 Å². The molecule has 78 valence electrons. The Hall–Kier alpha value is -0.450. The lowest BCUT2D eigenvalue weighted by molar-refractivity contribution is 0.182. The van der Waals surface area contributed by atoms with Gasteiger partial charge in [0.15, 0.2) is 0 Å². The lowest BCUT2D eigenvalue weighted by atomic mass is 10.2. The lowest BCUT2D eigenvalue weighted by Crippen LogP contribution is -2.23. The second kappa shape index (κ2) is 4.87. The molecule has 1 atom stereocenters. The van der Waals surface area contributed by atoms with Gasteiger partial charge in [-0.15, -0.1) is 11.3 Å². The minimum Gasteiger partial charge on any atom is -0.378 e. The number of nitrogens with one attached hydrogen (secondary N) is 1. The van der Waals surface area contributed by atoms with E-state index in [0.29, 0.717) is 12.6 Å². The number of nitrogens with zero attached hydrogens (tertiary/aromatic N) is 1. The molecule has 1 aromatic heterocycles. The summed E-state index contributed by atoms with van der Waals surface area (Å²) in [6, 6.07) is 0.650. The van der Waals surface area contributed by atoms with Gasteiger partial charge in [0, 0.05) is 25.0 Å². The summed E-state index contributed by atoms with van der Waals surface area (Å²) >= 11 is 1.75. The van der Waals surface area contributed by atoms with Crippen molar-refractivity contribution in [3.63, 3.8) is 0 Å². The fourth-order valence-electron chi connectivity index (χ4n) is 1.80. The lowest BCUT2D eigenvalue weighted by Gasteiger charge is -2.06. The van der Waals surface area contributed by atoms with Crippen molar-refractivity contribution >= 4 is 11.3 Å². The fraction of sp³-hybridized carbons (Fsp3) is 0.700. The Morgan fingerprint density at radius 1 is 1.71 bits per heavy atom. The maximum atomic E-state index is 5.04. The van der Waals surface area contributed by atoms with E-state index in [2.05, 4.69) is 15.7 Å². The zero-order valence-corrected chi connectivity index (χ0v) is 9.27. The van der Waals surface area contributed by atoms with Gasteiger partial charge in [-0.3, -0.25) is 0 Å². The largest absolute Gasteiger partial charge is 0.378 e. The molecule has 4 heteroatoms. The molecule has 1 fully saturated rings. The summed E-state index contributed by atoms with van der Waals surface area (Å²) in [7, 11) is 1.71.